The van der Waals surface area contributed by atoms with Crippen LogP contribution < -0.4 is 10.0 Å². The highest BCUT2D eigenvalue weighted by molar-refractivity contribution is 9.10. The Morgan fingerprint density at radius 3 is 2.75 bits per heavy atom. The molecule has 0 aromatic heterocycles. The zero-order valence-electron chi connectivity index (χ0n) is 11.5. The number of halogens is 2. The van der Waals surface area contributed by atoms with Crippen LogP contribution in [0.3, 0.4) is 0 Å². The molecule has 5 nitrogen and oxygen atoms in total. The first-order chi connectivity index (χ1) is 9.36. The van der Waals surface area contributed by atoms with Crippen LogP contribution in [0.25, 0.3) is 0 Å². The summed E-state index contributed by atoms with van der Waals surface area (Å²) in [5, 5.41) is 3.11. The fourth-order valence-electron chi connectivity index (χ4n) is 1.52. The van der Waals surface area contributed by atoms with Crippen LogP contribution in [-0.4, -0.2) is 39.4 Å². The molecule has 2 N–H and O–H groups in total. The highest BCUT2D eigenvalue weighted by Crippen LogP contribution is 2.21. The first-order valence-electron chi connectivity index (χ1n) is 6.26. The number of hydrogen-bond acceptors (Lipinski definition) is 3. The molecule has 0 saturated carbocycles. The van der Waals surface area contributed by atoms with Crippen LogP contribution in [0.1, 0.15) is 13.3 Å². The fraction of sp³-hybridized carbons (Fsp3) is 0.500. The van der Waals surface area contributed by atoms with E-state index in [-0.39, 0.29) is 5.69 Å². The smallest absolute Gasteiger partial charge is 0.301 e. The van der Waals surface area contributed by atoms with Gasteiger partial charge >= 0.3 is 10.2 Å². The van der Waals surface area contributed by atoms with Crippen LogP contribution in [0, 0.1) is 5.82 Å². The molecule has 0 saturated heterocycles. The molecular weight excluding hydrogens is 349 g/mol. The molecular formula is C12H19BrFN3O2S. The van der Waals surface area contributed by atoms with Gasteiger partial charge < -0.3 is 5.32 Å². The molecule has 0 aliphatic heterocycles. The van der Waals surface area contributed by atoms with Gasteiger partial charge in [0.05, 0.1) is 5.69 Å². The summed E-state index contributed by atoms with van der Waals surface area (Å²) in [5.41, 5.74) is -0.0714. The Labute approximate surface area is 127 Å². The lowest BCUT2D eigenvalue weighted by Crippen LogP contribution is -2.34. The van der Waals surface area contributed by atoms with Crippen LogP contribution in [0.2, 0.25) is 0 Å². The molecule has 8 heteroatoms. The van der Waals surface area contributed by atoms with Crippen molar-refractivity contribution in [3.05, 3.63) is 28.5 Å². The zero-order valence-corrected chi connectivity index (χ0v) is 13.9. The predicted molar refractivity (Wildman–Crippen MR) is 82.4 cm³/mol. The van der Waals surface area contributed by atoms with Crippen molar-refractivity contribution in [1.82, 2.24) is 9.62 Å². The van der Waals surface area contributed by atoms with Crippen LogP contribution >= 0.6 is 15.9 Å². The van der Waals surface area contributed by atoms with Crippen molar-refractivity contribution in [1.29, 1.82) is 0 Å². The summed E-state index contributed by atoms with van der Waals surface area (Å²) in [6.07, 6.45) is 0.687. The molecule has 0 aliphatic rings. The van der Waals surface area contributed by atoms with Gasteiger partial charge in [0.1, 0.15) is 5.82 Å². The van der Waals surface area contributed by atoms with E-state index in [0.29, 0.717) is 17.4 Å². The summed E-state index contributed by atoms with van der Waals surface area (Å²) in [7, 11) is -2.28. The van der Waals surface area contributed by atoms with Crippen molar-refractivity contribution in [3.63, 3.8) is 0 Å². The van der Waals surface area contributed by atoms with Gasteiger partial charge in [0, 0.05) is 18.1 Å². The third kappa shape index (κ3) is 5.35. The van der Waals surface area contributed by atoms with Gasteiger partial charge in [-0.15, -0.1) is 0 Å². The van der Waals surface area contributed by atoms with Gasteiger partial charge in [0.15, 0.2) is 0 Å². The second kappa shape index (κ2) is 7.92. The van der Waals surface area contributed by atoms with E-state index < -0.39 is 16.0 Å². The zero-order chi connectivity index (χ0) is 15.2. The first kappa shape index (κ1) is 17.4. The Kier molecular flexibility index (Phi) is 6.87. The maximum atomic E-state index is 13.5. The minimum Gasteiger partial charge on any atom is -0.317 e. The second-order valence-corrected chi connectivity index (χ2v) is 6.95. The van der Waals surface area contributed by atoms with E-state index in [1.807, 2.05) is 6.92 Å². The maximum Gasteiger partial charge on any atom is 0.301 e. The molecule has 0 heterocycles. The van der Waals surface area contributed by atoms with Crippen LogP contribution in [0.15, 0.2) is 22.7 Å². The van der Waals surface area contributed by atoms with Gasteiger partial charge in [0.25, 0.3) is 0 Å². The Bertz CT molecular complexity index is 540. The maximum absolute atomic E-state index is 13.5. The molecule has 0 radical (unpaired) electrons. The van der Waals surface area contributed by atoms with Gasteiger partial charge in [-0.25, -0.2) is 4.39 Å². The summed E-state index contributed by atoms with van der Waals surface area (Å²) in [6.45, 7) is 3.93. The lowest BCUT2D eigenvalue weighted by atomic mass is 10.3. The Morgan fingerprint density at radius 2 is 2.10 bits per heavy atom. The van der Waals surface area contributed by atoms with Crippen LogP contribution in [-0.2, 0) is 10.2 Å². The van der Waals surface area contributed by atoms with Crippen LogP contribution in [0.5, 0.6) is 0 Å². The van der Waals surface area contributed by atoms with E-state index in [4.69, 9.17) is 0 Å². The molecule has 0 amide bonds. The third-order valence-corrected chi connectivity index (χ3v) is 4.63. The topological polar surface area (TPSA) is 61.4 Å². The fourth-order valence-corrected chi connectivity index (χ4v) is 2.84. The number of rotatable bonds is 8. The van der Waals surface area contributed by atoms with Crippen molar-refractivity contribution in [2.75, 3.05) is 31.4 Å². The van der Waals surface area contributed by atoms with Gasteiger partial charge in [-0.05, 0) is 37.7 Å². The largest absolute Gasteiger partial charge is 0.317 e. The predicted octanol–water partition coefficient (Wildman–Crippen LogP) is 2.18. The summed E-state index contributed by atoms with van der Waals surface area (Å²) < 4.78 is 41.6. The number of nitrogens with one attached hydrogen (secondary N) is 2. The summed E-state index contributed by atoms with van der Waals surface area (Å²) in [6, 6.07) is 4.10. The molecule has 0 atom stereocenters. The normalized spacial score (nSPS) is 11.8. The molecule has 20 heavy (non-hydrogen) atoms. The third-order valence-electron chi connectivity index (χ3n) is 2.65. The van der Waals surface area contributed by atoms with E-state index in [2.05, 4.69) is 26.0 Å². The van der Waals surface area contributed by atoms with E-state index in [1.165, 1.54) is 29.6 Å². The molecule has 114 valence electrons. The van der Waals surface area contributed by atoms with E-state index >= 15 is 0 Å². The van der Waals surface area contributed by atoms with Crippen molar-refractivity contribution in [2.24, 2.45) is 0 Å². The Morgan fingerprint density at radius 1 is 1.40 bits per heavy atom. The van der Waals surface area contributed by atoms with Crippen molar-refractivity contribution >= 4 is 31.8 Å². The van der Waals surface area contributed by atoms with E-state index in [9.17, 15) is 12.8 Å². The van der Waals surface area contributed by atoms with Crippen molar-refractivity contribution in [2.45, 2.75) is 13.3 Å². The van der Waals surface area contributed by atoms with Crippen molar-refractivity contribution < 1.29 is 12.8 Å². The molecule has 0 fully saturated rings. The van der Waals surface area contributed by atoms with Crippen molar-refractivity contribution in [3.8, 4) is 0 Å². The van der Waals surface area contributed by atoms with Gasteiger partial charge in [-0.2, -0.15) is 12.7 Å². The average Bonchev–Trinajstić information content (AvgIpc) is 2.38. The Hall–Kier alpha value is -0.700. The summed E-state index contributed by atoms with van der Waals surface area (Å²) in [4.78, 5) is 0. The lowest BCUT2D eigenvalue weighted by Gasteiger charge is -2.18. The highest BCUT2D eigenvalue weighted by Gasteiger charge is 2.18. The number of benzene rings is 1. The van der Waals surface area contributed by atoms with Crippen LogP contribution in [0.4, 0.5) is 10.1 Å². The SMILES string of the molecule is CCNCCCN(C)S(=O)(=O)Nc1cc(Br)ccc1F. The minimum absolute atomic E-state index is 0.0714. The molecule has 0 unspecified atom stereocenters. The van der Waals surface area contributed by atoms with E-state index in [1.54, 1.807) is 0 Å². The number of hydrogen-bond donors (Lipinski definition) is 2. The average molecular weight is 368 g/mol. The van der Waals surface area contributed by atoms with Gasteiger partial charge in [0.2, 0.25) is 0 Å². The van der Waals surface area contributed by atoms with Gasteiger partial charge in [-0.1, -0.05) is 22.9 Å². The second-order valence-electron chi connectivity index (χ2n) is 4.26. The molecule has 1 rings (SSSR count). The molecule has 1 aromatic carbocycles. The number of nitrogens with zero attached hydrogens (tertiary/aromatic N) is 1. The molecule has 0 aliphatic carbocycles. The molecule has 0 spiro atoms. The standard InChI is InChI=1S/C12H19BrFN3O2S/c1-3-15-7-4-8-17(2)20(18,19)16-12-9-10(13)5-6-11(12)14/h5-6,9,15-16H,3-4,7-8H2,1-2H3. The quantitative estimate of drug-likeness (QED) is 0.692. The molecule has 0 bridgehead atoms. The number of anilines is 1. The van der Waals surface area contributed by atoms with E-state index in [0.717, 1.165) is 13.1 Å². The highest BCUT2D eigenvalue weighted by atomic mass is 79.9. The lowest BCUT2D eigenvalue weighted by molar-refractivity contribution is 0.459. The first-order valence-corrected chi connectivity index (χ1v) is 8.50. The minimum atomic E-state index is -3.75. The molecule has 1 aromatic rings. The monoisotopic (exact) mass is 367 g/mol. The van der Waals surface area contributed by atoms with Gasteiger partial charge in [-0.3, -0.25) is 4.72 Å². The summed E-state index contributed by atoms with van der Waals surface area (Å²) >= 11 is 3.18. The Balaban J connectivity index is 2.66. The summed E-state index contributed by atoms with van der Waals surface area (Å²) in [5.74, 6) is -0.613.